The first-order chi connectivity index (χ1) is 14.7. The first-order valence-electron chi connectivity index (χ1n) is 10.2. The van der Waals surface area contributed by atoms with Crippen LogP contribution in [0.1, 0.15) is 25.3 Å². The third kappa shape index (κ3) is 4.48. The van der Waals surface area contributed by atoms with Crippen molar-refractivity contribution in [1.29, 1.82) is 0 Å². The summed E-state index contributed by atoms with van der Waals surface area (Å²) in [5.74, 6) is 1.41. The fraction of sp³-hybridized carbons (Fsp3) is 0.409. The lowest BCUT2D eigenvalue weighted by atomic mass is 9.97. The molecule has 0 aliphatic carbocycles. The SMILES string of the molecule is CCOc1cc(CNC(=O)C2CCCN(c3nc4cccnc4s3)C2)ccc1OC. The fourth-order valence-electron chi connectivity index (χ4n) is 3.69. The maximum atomic E-state index is 12.8. The molecule has 1 unspecified atom stereocenters. The Morgan fingerprint density at radius 3 is 3.03 bits per heavy atom. The van der Waals surface area contributed by atoms with Crippen LogP contribution < -0.4 is 19.7 Å². The molecule has 30 heavy (non-hydrogen) atoms. The number of nitrogens with zero attached hydrogens (tertiary/aromatic N) is 3. The molecular weight excluding hydrogens is 400 g/mol. The number of carbonyl (C=O) groups is 1. The minimum Gasteiger partial charge on any atom is -0.493 e. The van der Waals surface area contributed by atoms with Crippen LogP contribution >= 0.6 is 11.3 Å². The highest BCUT2D eigenvalue weighted by Crippen LogP contribution is 2.31. The molecule has 2 aromatic heterocycles. The average molecular weight is 427 g/mol. The molecule has 1 atom stereocenters. The lowest BCUT2D eigenvalue weighted by molar-refractivity contribution is -0.125. The highest BCUT2D eigenvalue weighted by molar-refractivity contribution is 7.21. The second-order valence-corrected chi connectivity index (χ2v) is 8.20. The van der Waals surface area contributed by atoms with Gasteiger partial charge in [-0.15, -0.1) is 0 Å². The average Bonchev–Trinajstić information content (AvgIpc) is 3.22. The molecule has 0 spiro atoms. The van der Waals surface area contributed by atoms with E-state index in [1.807, 2.05) is 37.3 Å². The Balaban J connectivity index is 1.38. The van der Waals surface area contributed by atoms with Crippen LogP contribution in [0.5, 0.6) is 11.5 Å². The second-order valence-electron chi connectivity index (χ2n) is 7.25. The second kappa shape index (κ2) is 9.30. The third-order valence-corrected chi connectivity index (χ3v) is 6.25. The van der Waals surface area contributed by atoms with Gasteiger partial charge in [-0.05, 0) is 49.6 Å². The number of amides is 1. The lowest BCUT2D eigenvalue weighted by Gasteiger charge is -2.31. The van der Waals surface area contributed by atoms with E-state index >= 15 is 0 Å². The molecule has 1 aliphatic heterocycles. The molecule has 3 aromatic rings. The summed E-state index contributed by atoms with van der Waals surface area (Å²) < 4.78 is 10.9. The van der Waals surface area contributed by atoms with Gasteiger partial charge in [-0.25, -0.2) is 9.97 Å². The number of nitrogens with one attached hydrogen (secondary N) is 1. The summed E-state index contributed by atoms with van der Waals surface area (Å²) in [7, 11) is 1.62. The summed E-state index contributed by atoms with van der Waals surface area (Å²) in [6.45, 7) is 4.55. The Labute approximate surface area is 180 Å². The molecule has 158 valence electrons. The molecule has 1 aliphatic rings. The Kier molecular flexibility index (Phi) is 6.32. The van der Waals surface area contributed by atoms with Crippen molar-refractivity contribution in [3.8, 4) is 11.5 Å². The van der Waals surface area contributed by atoms with E-state index in [4.69, 9.17) is 14.5 Å². The van der Waals surface area contributed by atoms with E-state index in [0.29, 0.717) is 31.2 Å². The predicted molar refractivity (Wildman–Crippen MR) is 118 cm³/mol. The number of methoxy groups -OCH3 is 1. The van der Waals surface area contributed by atoms with Crippen molar-refractivity contribution in [3.05, 3.63) is 42.1 Å². The van der Waals surface area contributed by atoms with Crippen molar-refractivity contribution in [1.82, 2.24) is 15.3 Å². The van der Waals surface area contributed by atoms with Crippen LogP contribution in [-0.4, -0.2) is 42.7 Å². The van der Waals surface area contributed by atoms with Crippen LogP contribution in [-0.2, 0) is 11.3 Å². The van der Waals surface area contributed by atoms with E-state index in [9.17, 15) is 4.79 Å². The smallest absolute Gasteiger partial charge is 0.225 e. The van der Waals surface area contributed by atoms with Crippen LogP contribution in [0.3, 0.4) is 0 Å². The number of benzene rings is 1. The molecule has 3 heterocycles. The number of hydrogen-bond acceptors (Lipinski definition) is 7. The van der Waals surface area contributed by atoms with Gasteiger partial charge in [0.05, 0.1) is 19.6 Å². The van der Waals surface area contributed by atoms with Crippen LogP contribution in [0.4, 0.5) is 5.13 Å². The Hall–Kier alpha value is -2.87. The normalized spacial score (nSPS) is 16.5. The highest BCUT2D eigenvalue weighted by atomic mass is 32.1. The third-order valence-electron chi connectivity index (χ3n) is 5.21. The van der Waals surface area contributed by atoms with E-state index in [2.05, 4.69) is 15.2 Å². The van der Waals surface area contributed by atoms with Crippen LogP contribution in [0.25, 0.3) is 10.3 Å². The quantitative estimate of drug-likeness (QED) is 0.622. The molecular formula is C22H26N4O3S. The molecule has 1 aromatic carbocycles. The Bertz CT molecular complexity index is 990. The van der Waals surface area contributed by atoms with Gasteiger partial charge in [-0.3, -0.25) is 4.79 Å². The van der Waals surface area contributed by atoms with Crippen LogP contribution in [0, 0.1) is 5.92 Å². The van der Waals surface area contributed by atoms with Gasteiger partial charge in [0.1, 0.15) is 10.3 Å². The fourth-order valence-corrected chi connectivity index (χ4v) is 4.64. The van der Waals surface area contributed by atoms with Crippen LogP contribution in [0.2, 0.25) is 0 Å². The van der Waals surface area contributed by atoms with Crippen molar-refractivity contribution in [3.63, 3.8) is 0 Å². The first-order valence-corrected chi connectivity index (χ1v) is 11.0. The molecule has 1 N–H and O–H groups in total. The predicted octanol–water partition coefficient (Wildman–Crippen LogP) is 3.63. The van der Waals surface area contributed by atoms with Crippen molar-refractivity contribution < 1.29 is 14.3 Å². The molecule has 1 amide bonds. The molecule has 7 nitrogen and oxygen atoms in total. The van der Waals surface area contributed by atoms with Gasteiger partial charge in [0.15, 0.2) is 16.6 Å². The largest absolute Gasteiger partial charge is 0.493 e. The number of thiazole rings is 1. The van der Waals surface area contributed by atoms with Crippen LogP contribution in [0.15, 0.2) is 36.5 Å². The number of fused-ring (bicyclic) bond motifs is 1. The minimum absolute atomic E-state index is 0.0525. The number of piperidine rings is 1. The van der Waals surface area contributed by atoms with Crippen molar-refractivity contribution in [2.75, 3.05) is 31.7 Å². The zero-order valence-corrected chi connectivity index (χ0v) is 18.1. The molecule has 4 rings (SSSR count). The lowest BCUT2D eigenvalue weighted by Crippen LogP contribution is -2.42. The molecule has 0 saturated carbocycles. The summed E-state index contributed by atoms with van der Waals surface area (Å²) in [4.78, 5) is 25.0. The molecule has 1 saturated heterocycles. The maximum absolute atomic E-state index is 12.8. The van der Waals surface area contributed by atoms with Crippen molar-refractivity contribution in [2.24, 2.45) is 5.92 Å². The number of ether oxygens (including phenoxy) is 2. The Morgan fingerprint density at radius 2 is 2.23 bits per heavy atom. The molecule has 1 fully saturated rings. The molecule has 8 heteroatoms. The van der Waals surface area contributed by atoms with Gasteiger partial charge in [0.2, 0.25) is 5.91 Å². The molecule has 0 radical (unpaired) electrons. The standard InChI is InChI=1S/C22H26N4O3S/c1-3-29-19-12-15(8-9-18(19)28-2)13-24-20(27)16-6-5-11-26(14-16)22-25-17-7-4-10-23-21(17)30-22/h4,7-10,12,16H,3,5-6,11,13-14H2,1-2H3,(H,24,27). The van der Waals surface area contributed by atoms with E-state index in [1.165, 1.54) is 0 Å². The summed E-state index contributed by atoms with van der Waals surface area (Å²) in [6.07, 6.45) is 3.64. The van der Waals surface area contributed by atoms with Gasteiger partial charge in [-0.2, -0.15) is 0 Å². The van der Waals surface area contributed by atoms with E-state index in [-0.39, 0.29) is 11.8 Å². The van der Waals surface area contributed by atoms with Gasteiger partial charge >= 0.3 is 0 Å². The monoisotopic (exact) mass is 426 g/mol. The summed E-state index contributed by atoms with van der Waals surface area (Å²) in [5, 5.41) is 4.03. The number of carbonyl (C=O) groups excluding carboxylic acids is 1. The first kappa shape index (κ1) is 20.4. The number of anilines is 1. The summed E-state index contributed by atoms with van der Waals surface area (Å²) in [5.41, 5.74) is 1.89. The zero-order valence-electron chi connectivity index (χ0n) is 17.3. The van der Waals surface area contributed by atoms with Gasteiger partial charge in [-0.1, -0.05) is 17.4 Å². The molecule has 0 bridgehead atoms. The minimum atomic E-state index is -0.0525. The maximum Gasteiger partial charge on any atom is 0.225 e. The van der Waals surface area contributed by atoms with Crippen molar-refractivity contribution >= 4 is 32.7 Å². The van der Waals surface area contributed by atoms with Gasteiger partial charge in [0.25, 0.3) is 0 Å². The summed E-state index contributed by atoms with van der Waals surface area (Å²) in [6, 6.07) is 9.61. The number of rotatable bonds is 7. The zero-order chi connectivity index (χ0) is 20.9. The van der Waals surface area contributed by atoms with Gasteiger partial charge in [0, 0.05) is 25.8 Å². The van der Waals surface area contributed by atoms with E-state index in [0.717, 1.165) is 40.4 Å². The number of pyridine rings is 1. The van der Waals surface area contributed by atoms with Gasteiger partial charge < -0.3 is 19.7 Å². The van der Waals surface area contributed by atoms with Crippen molar-refractivity contribution in [2.45, 2.75) is 26.3 Å². The number of aromatic nitrogens is 2. The van der Waals surface area contributed by atoms with E-state index < -0.39 is 0 Å². The Morgan fingerprint density at radius 1 is 1.33 bits per heavy atom. The highest BCUT2D eigenvalue weighted by Gasteiger charge is 2.27. The summed E-state index contributed by atoms with van der Waals surface area (Å²) >= 11 is 1.58. The van der Waals surface area contributed by atoms with E-state index in [1.54, 1.807) is 24.6 Å². The topological polar surface area (TPSA) is 76.6 Å². The number of hydrogen-bond donors (Lipinski definition) is 1.